The molecule has 0 aliphatic carbocycles. The Morgan fingerprint density at radius 2 is 2.21 bits per heavy atom. The highest BCUT2D eigenvalue weighted by Crippen LogP contribution is 2.35. The van der Waals surface area contributed by atoms with E-state index in [9.17, 15) is 18.0 Å². The monoisotopic (exact) mass is 276 g/mol. The molecule has 1 unspecified atom stereocenters. The molecule has 0 saturated heterocycles. The quantitative estimate of drug-likeness (QED) is 0.921. The maximum absolute atomic E-state index is 12.8. The summed E-state index contributed by atoms with van der Waals surface area (Å²) in [6.45, 7) is 1.57. The van der Waals surface area contributed by atoms with E-state index < -0.39 is 18.1 Å². The summed E-state index contributed by atoms with van der Waals surface area (Å²) in [6.07, 6.45) is -3.74. The highest BCUT2D eigenvalue weighted by atomic mass is 19.4. The third-order valence-corrected chi connectivity index (χ3v) is 3.51. The predicted octanol–water partition coefficient (Wildman–Crippen LogP) is 2.33. The number of imidazole rings is 1. The zero-order valence-corrected chi connectivity index (χ0v) is 10.5. The van der Waals surface area contributed by atoms with Crippen LogP contribution < -0.4 is 0 Å². The highest BCUT2D eigenvalue weighted by Gasteiger charge is 2.42. The fourth-order valence-corrected chi connectivity index (χ4v) is 2.50. The fraction of sp³-hybridized carbons (Fsp3) is 0.667. The van der Waals surface area contributed by atoms with Crippen molar-refractivity contribution in [3.8, 4) is 0 Å². The maximum Gasteiger partial charge on any atom is 0.393 e. The summed E-state index contributed by atoms with van der Waals surface area (Å²) in [5, 5.41) is 8.68. The number of rotatable bonds is 3. The van der Waals surface area contributed by atoms with Gasteiger partial charge in [-0.3, -0.25) is 4.79 Å². The molecule has 1 aromatic rings. The first-order valence-corrected chi connectivity index (χ1v) is 6.12. The van der Waals surface area contributed by atoms with Crippen LogP contribution in [0.5, 0.6) is 0 Å². The lowest BCUT2D eigenvalue weighted by Crippen LogP contribution is -2.32. The van der Waals surface area contributed by atoms with E-state index in [0.717, 1.165) is 0 Å². The molecule has 1 aliphatic heterocycles. The fourth-order valence-electron chi connectivity index (χ4n) is 2.50. The molecule has 7 heteroatoms. The second-order valence-corrected chi connectivity index (χ2v) is 4.84. The molecule has 0 amide bonds. The Hall–Kier alpha value is -1.53. The van der Waals surface area contributed by atoms with Crippen LogP contribution in [0.4, 0.5) is 13.2 Å². The lowest BCUT2D eigenvalue weighted by molar-refractivity contribution is -0.182. The molecule has 2 rings (SSSR count). The molecule has 1 N–H and O–H groups in total. The summed E-state index contributed by atoms with van der Waals surface area (Å²) in [7, 11) is 0. The zero-order valence-electron chi connectivity index (χ0n) is 10.5. The minimum Gasteiger partial charge on any atom is -0.481 e. The first kappa shape index (κ1) is 13.9. The van der Waals surface area contributed by atoms with Gasteiger partial charge in [-0.15, -0.1) is 0 Å². The van der Waals surface area contributed by atoms with Gasteiger partial charge in [-0.05, 0) is 19.8 Å². The van der Waals surface area contributed by atoms with Crippen LogP contribution in [0.3, 0.4) is 0 Å². The molecule has 1 aliphatic rings. The first-order valence-electron chi connectivity index (χ1n) is 6.12. The normalized spacial score (nSPS) is 19.3. The van der Waals surface area contributed by atoms with Crippen LogP contribution in [0.15, 0.2) is 0 Å². The van der Waals surface area contributed by atoms with E-state index in [4.69, 9.17) is 5.11 Å². The third-order valence-electron chi connectivity index (χ3n) is 3.51. The highest BCUT2D eigenvalue weighted by molar-refractivity contribution is 5.67. The molecule has 0 bridgehead atoms. The lowest BCUT2D eigenvalue weighted by atomic mass is 9.98. The average Bonchev–Trinajstić information content (AvgIpc) is 2.59. The number of carbonyl (C=O) groups is 1. The number of fused-ring (bicyclic) bond motifs is 1. The third kappa shape index (κ3) is 2.90. The van der Waals surface area contributed by atoms with Crippen molar-refractivity contribution in [1.29, 1.82) is 0 Å². The van der Waals surface area contributed by atoms with Crippen molar-refractivity contribution in [3.63, 3.8) is 0 Å². The van der Waals surface area contributed by atoms with Crippen molar-refractivity contribution in [2.45, 2.75) is 45.3 Å². The Labute approximate surface area is 108 Å². The van der Waals surface area contributed by atoms with E-state index in [1.165, 1.54) is 0 Å². The topological polar surface area (TPSA) is 55.1 Å². The SMILES string of the molecule is Cc1nc2n(c1CCC(=O)O)CC(C(F)(F)F)CC2. The van der Waals surface area contributed by atoms with Crippen LogP contribution in [0, 0.1) is 12.8 Å². The van der Waals surface area contributed by atoms with Gasteiger partial charge in [-0.25, -0.2) is 4.98 Å². The van der Waals surface area contributed by atoms with Gasteiger partial charge in [0.15, 0.2) is 0 Å². The van der Waals surface area contributed by atoms with Crippen LogP contribution in [-0.2, 0) is 24.2 Å². The Bertz CT molecular complexity index is 494. The molecule has 2 heterocycles. The summed E-state index contributed by atoms with van der Waals surface area (Å²) in [6, 6.07) is 0. The second kappa shape index (κ2) is 4.86. The number of carboxylic acids is 1. The van der Waals surface area contributed by atoms with Crippen molar-refractivity contribution < 1.29 is 23.1 Å². The minimum atomic E-state index is -4.21. The van der Waals surface area contributed by atoms with Crippen molar-refractivity contribution in [3.05, 3.63) is 17.2 Å². The van der Waals surface area contributed by atoms with E-state index in [0.29, 0.717) is 17.2 Å². The van der Waals surface area contributed by atoms with E-state index in [1.807, 2.05) is 0 Å². The molecule has 4 nitrogen and oxygen atoms in total. The largest absolute Gasteiger partial charge is 0.481 e. The summed E-state index contributed by atoms with van der Waals surface area (Å²) in [5.41, 5.74) is 1.26. The molecule has 1 atom stereocenters. The molecule has 0 saturated carbocycles. The van der Waals surface area contributed by atoms with Gasteiger partial charge in [-0.2, -0.15) is 13.2 Å². The Balaban J connectivity index is 2.24. The molecule has 1 aromatic heterocycles. The van der Waals surface area contributed by atoms with Crippen LogP contribution in [0.1, 0.15) is 30.1 Å². The van der Waals surface area contributed by atoms with Gasteiger partial charge in [-0.1, -0.05) is 0 Å². The van der Waals surface area contributed by atoms with E-state index in [-0.39, 0.29) is 32.2 Å². The smallest absolute Gasteiger partial charge is 0.393 e. The number of hydrogen-bond acceptors (Lipinski definition) is 2. The van der Waals surface area contributed by atoms with Crippen LogP contribution in [-0.4, -0.2) is 26.8 Å². The van der Waals surface area contributed by atoms with Crippen LogP contribution >= 0.6 is 0 Å². The zero-order chi connectivity index (χ0) is 14.2. The number of aromatic nitrogens is 2. The maximum atomic E-state index is 12.8. The number of nitrogens with zero attached hydrogens (tertiary/aromatic N) is 2. The molecule has 0 spiro atoms. The average molecular weight is 276 g/mol. The minimum absolute atomic E-state index is 0.0539. The predicted molar refractivity (Wildman–Crippen MR) is 60.8 cm³/mol. The Kier molecular flexibility index (Phi) is 3.56. The van der Waals surface area contributed by atoms with Gasteiger partial charge in [0.1, 0.15) is 5.82 Å². The van der Waals surface area contributed by atoms with E-state index >= 15 is 0 Å². The number of halogens is 3. The molecule has 0 radical (unpaired) electrons. The van der Waals surface area contributed by atoms with Gasteiger partial charge in [0.05, 0.1) is 18.0 Å². The molecule has 0 fully saturated rings. The molecule has 19 heavy (non-hydrogen) atoms. The standard InChI is InChI=1S/C12H15F3N2O2/c1-7-9(3-5-11(18)19)17-6-8(12(13,14)15)2-4-10(17)16-7/h8H,2-6H2,1H3,(H,18,19). The van der Waals surface area contributed by atoms with Crippen molar-refractivity contribution in [2.75, 3.05) is 0 Å². The molecular formula is C12H15F3N2O2. The first-order chi connectivity index (χ1) is 8.79. The van der Waals surface area contributed by atoms with Crippen molar-refractivity contribution in [1.82, 2.24) is 9.55 Å². The van der Waals surface area contributed by atoms with Crippen molar-refractivity contribution in [2.24, 2.45) is 5.92 Å². The van der Waals surface area contributed by atoms with Gasteiger partial charge >= 0.3 is 12.1 Å². The molecular weight excluding hydrogens is 261 g/mol. The van der Waals surface area contributed by atoms with Gasteiger partial charge in [0.2, 0.25) is 0 Å². The van der Waals surface area contributed by atoms with Gasteiger partial charge < -0.3 is 9.67 Å². The van der Waals surface area contributed by atoms with Gasteiger partial charge in [0, 0.05) is 18.7 Å². The summed E-state index contributed by atoms with van der Waals surface area (Å²) < 4.78 is 39.8. The molecule has 106 valence electrons. The summed E-state index contributed by atoms with van der Waals surface area (Å²) >= 11 is 0. The summed E-state index contributed by atoms with van der Waals surface area (Å²) in [4.78, 5) is 14.8. The number of hydrogen-bond donors (Lipinski definition) is 1. The van der Waals surface area contributed by atoms with E-state index in [1.54, 1.807) is 11.5 Å². The van der Waals surface area contributed by atoms with Crippen molar-refractivity contribution >= 4 is 5.97 Å². The second-order valence-electron chi connectivity index (χ2n) is 4.84. The lowest BCUT2D eigenvalue weighted by Gasteiger charge is -2.27. The van der Waals surface area contributed by atoms with Crippen LogP contribution in [0.25, 0.3) is 0 Å². The van der Waals surface area contributed by atoms with Crippen LogP contribution in [0.2, 0.25) is 0 Å². The number of aryl methyl sites for hydroxylation is 2. The number of aliphatic carboxylic acids is 1. The Morgan fingerprint density at radius 1 is 1.53 bits per heavy atom. The van der Waals surface area contributed by atoms with E-state index in [2.05, 4.69) is 4.98 Å². The summed E-state index contributed by atoms with van der Waals surface area (Å²) in [5.74, 6) is -1.69. The Morgan fingerprint density at radius 3 is 2.79 bits per heavy atom. The molecule has 0 aromatic carbocycles. The van der Waals surface area contributed by atoms with Gasteiger partial charge in [0.25, 0.3) is 0 Å². The number of alkyl halides is 3. The number of carboxylic acid groups (broad SMARTS) is 1.